The molecule has 0 fully saturated rings. The summed E-state index contributed by atoms with van der Waals surface area (Å²) in [6.07, 6.45) is 1.85. The Labute approximate surface area is 151 Å². The van der Waals surface area contributed by atoms with Crippen molar-refractivity contribution in [1.82, 2.24) is 20.8 Å². The molecule has 8 heteroatoms. The molecule has 134 valence electrons. The highest BCUT2D eigenvalue weighted by atomic mass is 32.2. The third kappa shape index (κ3) is 4.19. The zero-order valence-electron chi connectivity index (χ0n) is 15.2. The van der Waals surface area contributed by atoms with Crippen LogP contribution in [0.4, 0.5) is 0 Å². The van der Waals surface area contributed by atoms with Gasteiger partial charge in [0.15, 0.2) is 0 Å². The lowest BCUT2D eigenvalue weighted by molar-refractivity contribution is 0.0843. The SMILES string of the molecule is CSc1nc(C(C)C)nc(C)c1C(=O)NNC(=O)c1cc(C)oc1C. The van der Waals surface area contributed by atoms with E-state index in [4.69, 9.17) is 4.42 Å². The lowest BCUT2D eigenvalue weighted by Crippen LogP contribution is -2.42. The van der Waals surface area contributed by atoms with Gasteiger partial charge in [0, 0.05) is 5.92 Å². The van der Waals surface area contributed by atoms with Gasteiger partial charge in [0.25, 0.3) is 11.8 Å². The summed E-state index contributed by atoms with van der Waals surface area (Å²) in [6.45, 7) is 9.19. The van der Waals surface area contributed by atoms with Crippen molar-refractivity contribution in [3.63, 3.8) is 0 Å². The van der Waals surface area contributed by atoms with Gasteiger partial charge in [-0.1, -0.05) is 13.8 Å². The predicted molar refractivity (Wildman–Crippen MR) is 95.8 cm³/mol. The number of nitrogens with one attached hydrogen (secondary N) is 2. The molecule has 0 aromatic carbocycles. The highest BCUT2D eigenvalue weighted by Gasteiger charge is 2.21. The van der Waals surface area contributed by atoms with Gasteiger partial charge in [0.2, 0.25) is 0 Å². The number of hydrogen-bond donors (Lipinski definition) is 2. The first-order chi connectivity index (χ1) is 11.7. The van der Waals surface area contributed by atoms with E-state index >= 15 is 0 Å². The fraction of sp³-hybridized carbons (Fsp3) is 0.412. The molecule has 0 atom stereocenters. The number of hydrogen-bond acceptors (Lipinski definition) is 6. The molecule has 0 aliphatic rings. The Morgan fingerprint density at radius 1 is 1.12 bits per heavy atom. The van der Waals surface area contributed by atoms with E-state index < -0.39 is 11.8 Å². The van der Waals surface area contributed by atoms with Gasteiger partial charge in [-0.15, -0.1) is 11.8 Å². The lowest BCUT2D eigenvalue weighted by atomic mass is 10.1. The van der Waals surface area contributed by atoms with E-state index in [1.165, 1.54) is 11.8 Å². The minimum Gasteiger partial charge on any atom is -0.466 e. The molecule has 25 heavy (non-hydrogen) atoms. The summed E-state index contributed by atoms with van der Waals surface area (Å²) < 4.78 is 5.32. The Balaban J connectivity index is 2.18. The van der Waals surface area contributed by atoms with Crippen LogP contribution < -0.4 is 10.9 Å². The Kier molecular flexibility index (Phi) is 5.84. The number of carbonyl (C=O) groups excluding carboxylic acids is 2. The minimum atomic E-state index is -0.455. The lowest BCUT2D eigenvalue weighted by Gasteiger charge is -2.13. The molecule has 2 N–H and O–H groups in total. The first-order valence-corrected chi connectivity index (χ1v) is 9.07. The number of rotatable bonds is 4. The molecule has 2 aromatic heterocycles. The van der Waals surface area contributed by atoms with Gasteiger partial charge in [0.05, 0.1) is 16.8 Å². The van der Waals surface area contributed by atoms with Crippen molar-refractivity contribution in [2.45, 2.75) is 45.6 Å². The standard InChI is InChI=1S/C17H22N4O3S/c1-8(2)14-18-10(4)13(17(19-14)25-6)16(23)21-20-15(22)12-7-9(3)24-11(12)5/h7-8H,1-6H3,(H,20,22)(H,21,23). The number of thioether (sulfide) groups is 1. The van der Waals surface area contributed by atoms with Crippen molar-refractivity contribution in [3.05, 3.63) is 40.2 Å². The highest BCUT2D eigenvalue weighted by Crippen LogP contribution is 2.23. The average Bonchev–Trinajstić information content (AvgIpc) is 2.89. The summed E-state index contributed by atoms with van der Waals surface area (Å²) in [6, 6.07) is 1.62. The Morgan fingerprint density at radius 2 is 1.76 bits per heavy atom. The van der Waals surface area contributed by atoms with Crippen LogP contribution in [0.15, 0.2) is 15.5 Å². The molecule has 0 aliphatic heterocycles. The fourth-order valence-corrected chi connectivity index (χ4v) is 2.96. The molecule has 0 aliphatic carbocycles. The first kappa shape index (κ1) is 19.0. The van der Waals surface area contributed by atoms with Crippen LogP contribution in [-0.2, 0) is 0 Å². The smallest absolute Gasteiger partial charge is 0.274 e. The van der Waals surface area contributed by atoms with Crippen molar-refractivity contribution in [1.29, 1.82) is 0 Å². The topological polar surface area (TPSA) is 97.1 Å². The normalized spacial score (nSPS) is 10.8. The number of hydrazine groups is 1. The molecule has 0 unspecified atom stereocenters. The van der Waals surface area contributed by atoms with Crippen molar-refractivity contribution >= 4 is 23.6 Å². The van der Waals surface area contributed by atoms with Crippen molar-refractivity contribution in [3.8, 4) is 0 Å². The quantitative estimate of drug-likeness (QED) is 0.493. The molecule has 2 heterocycles. The fourth-order valence-electron chi connectivity index (χ4n) is 2.33. The molecule has 0 radical (unpaired) electrons. The van der Waals surface area contributed by atoms with Gasteiger partial charge in [-0.25, -0.2) is 9.97 Å². The molecule has 0 spiro atoms. The summed E-state index contributed by atoms with van der Waals surface area (Å²) >= 11 is 1.37. The summed E-state index contributed by atoms with van der Waals surface area (Å²) in [5, 5.41) is 0.582. The van der Waals surface area contributed by atoms with Crippen molar-refractivity contribution in [2.75, 3.05) is 6.26 Å². The van der Waals surface area contributed by atoms with Crippen LogP contribution in [-0.4, -0.2) is 28.0 Å². The highest BCUT2D eigenvalue weighted by molar-refractivity contribution is 7.98. The second-order valence-corrected chi connectivity index (χ2v) is 6.74. The van der Waals surface area contributed by atoms with Crippen LogP contribution in [0.2, 0.25) is 0 Å². The molecule has 0 bridgehead atoms. The number of aryl methyl sites for hydroxylation is 3. The van der Waals surface area contributed by atoms with E-state index in [0.717, 1.165) is 0 Å². The monoisotopic (exact) mass is 362 g/mol. The van der Waals surface area contributed by atoms with Crippen molar-refractivity contribution in [2.24, 2.45) is 0 Å². The number of furan rings is 1. The number of nitrogens with zero attached hydrogens (tertiary/aromatic N) is 2. The molecule has 0 saturated heterocycles. The predicted octanol–water partition coefficient (Wildman–Crippen LogP) is 2.91. The number of carbonyl (C=O) groups is 2. The molecule has 2 amide bonds. The summed E-state index contributed by atoms with van der Waals surface area (Å²) in [5.74, 6) is 1.08. The third-order valence-corrected chi connectivity index (χ3v) is 4.27. The summed E-state index contributed by atoms with van der Waals surface area (Å²) in [4.78, 5) is 33.5. The second-order valence-electron chi connectivity index (χ2n) is 5.94. The van der Waals surface area contributed by atoms with E-state index in [1.54, 1.807) is 26.8 Å². The molecule has 2 aromatic rings. The van der Waals surface area contributed by atoms with E-state index in [9.17, 15) is 9.59 Å². The van der Waals surface area contributed by atoms with Crippen LogP contribution >= 0.6 is 11.8 Å². The Morgan fingerprint density at radius 3 is 2.28 bits per heavy atom. The van der Waals surface area contributed by atoms with Crippen LogP contribution in [0.25, 0.3) is 0 Å². The van der Waals surface area contributed by atoms with Gasteiger partial charge < -0.3 is 4.42 Å². The Hall–Kier alpha value is -2.35. The van der Waals surface area contributed by atoms with Crippen LogP contribution in [0.3, 0.4) is 0 Å². The van der Waals surface area contributed by atoms with E-state index in [0.29, 0.717) is 39.2 Å². The first-order valence-electron chi connectivity index (χ1n) is 7.84. The molecule has 0 saturated carbocycles. The molecular formula is C17H22N4O3S. The van der Waals surface area contributed by atoms with Crippen molar-refractivity contribution < 1.29 is 14.0 Å². The zero-order chi connectivity index (χ0) is 18.7. The Bertz CT molecular complexity index is 814. The number of amides is 2. The van der Waals surface area contributed by atoms with E-state index in [1.807, 2.05) is 20.1 Å². The maximum absolute atomic E-state index is 12.5. The number of aromatic nitrogens is 2. The molecule has 2 rings (SSSR count). The average molecular weight is 362 g/mol. The van der Waals surface area contributed by atoms with Gasteiger partial charge in [0.1, 0.15) is 22.4 Å². The maximum atomic E-state index is 12.5. The van der Waals surface area contributed by atoms with Gasteiger partial charge >= 0.3 is 0 Å². The van der Waals surface area contributed by atoms with Crippen LogP contribution in [0, 0.1) is 20.8 Å². The maximum Gasteiger partial charge on any atom is 0.274 e. The second kappa shape index (κ2) is 7.69. The third-order valence-electron chi connectivity index (χ3n) is 3.59. The van der Waals surface area contributed by atoms with Crippen LogP contribution in [0.1, 0.15) is 63.5 Å². The van der Waals surface area contributed by atoms with Gasteiger partial charge in [-0.2, -0.15) is 0 Å². The zero-order valence-corrected chi connectivity index (χ0v) is 16.0. The molecule has 7 nitrogen and oxygen atoms in total. The van der Waals surface area contributed by atoms with Gasteiger partial charge in [-0.3, -0.25) is 20.4 Å². The minimum absolute atomic E-state index is 0.161. The summed E-state index contributed by atoms with van der Waals surface area (Å²) in [5.41, 5.74) is 6.14. The molecular weight excluding hydrogens is 340 g/mol. The summed E-state index contributed by atoms with van der Waals surface area (Å²) in [7, 11) is 0. The van der Waals surface area contributed by atoms with Gasteiger partial charge in [-0.05, 0) is 33.1 Å². The van der Waals surface area contributed by atoms with Crippen LogP contribution in [0.5, 0.6) is 0 Å². The largest absolute Gasteiger partial charge is 0.466 e. The van der Waals surface area contributed by atoms with E-state index in [-0.39, 0.29) is 5.92 Å². The van der Waals surface area contributed by atoms with E-state index in [2.05, 4.69) is 20.8 Å².